The number of fused-ring (bicyclic) bond motifs is 1. The largest absolute Gasteiger partial charge is 0.496 e. The highest BCUT2D eigenvalue weighted by molar-refractivity contribution is 7.15. The lowest BCUT2D eigenvalue weighted by Gasteiger charge is -2.10. The number of thiazole rings is 1. The number of hydrogen-bond donors (Lipinski definition) is 0. The van der Waals surface area contributed by atoms with Crippen LogP contribution in [0.4, 0.5) is 0 Å². The number of esters is 1. The topological polar surface area (TPSA) is 92.0 Å². The van der Waals surface area contributed by atoms with Crippen molar-refractivity contribution >= 4 is 28.3 Å². The Hall–Kier alpha value is -3.72. The third kappa shape index (κ3) is 4.13. The van der Waals surface area contributed by atoms with Gasteiger partial charge >= 0.3 is 5.97 Å². The van der Waals surface area contributed by atoms with Crippen LogP contribution < -0.4 is 24.3 Å². The van der Waals surface area contributed by atoms with Gasteiger partial charge in [0.2, 0.25) is 4.96 Å². The van der Waals surface area contributed by atoms with Crippen LogP contribution in [-0.2, 0) is 4.79 Å². The Balaban J connectivity index is 1.74. The van der Waals surface area contributed by atoms with Crippen LogP contribution in [0.2, 0.25) is 0 Å². The van der Waals surface area contributed by atoms with Crippen molar-refractivity contribution in [3.63, 3.8) is 0 Å². The van der Waals surface area contributed by atoms with Crippen molar-refractivity contribution in [3.8, 4) is 28.6 Å². The smallest absolute Gasteiger partial charge is 0.308 e. The maximum Gasteiger partial charge on any atom is 0.308 e. The number of carbonyl (C=O) groups excluding carboxylic acids is 1. The quantitative estimate of drug-likeness (QED) is 0.338. The minimum Gasteiger partial charge on any atom is -0.496 e. The van der Waals surface area contributed by atoms with E-state index in [1.807, 2.05) is 31.2 Å². The summed E-state index contributed by atoms with van der Waals surface area (Å²) in [7, 11) is 1.58. The zero-order valence-electron chi connectivity index (χ0n) is 17.1. The van der Waals surface area contributed by atoms with Crippen LogP contribution in [0, 0.1) is 0 Å². The Morgan fingerprint density at radius 1 is 1.16 bits per heavy atom. The molecule has 0 unspecified atom stereocenters. The lowest BCUT2D eigenvalue weighted by Crippen LogP contribution is -2.23. The van der Waals surface area contributed by atoms with Crippen LogP contribution in [-0.4, -0.2) is 34.3 Å². The number of rotatable bonds is 6. The molecule has 0 fully saturated rings. The van der Waals surface area contributed by atoms with E-state index < -0.39 is 5.97 Å². The van der Waals surface area contributed by atoms with E-state index in [0.29, 0.717) is 44.7 Å². The monoisotopic (exact) mass is 437 g/mol. The highest BCUT2D eigenvalue weighted by Gasteiger charge is 2.15. The first-order valence-electron chi connectivity index (χ1n) is 9.50. The molecule has 8 nitrogen and oxygen atoms in total. The molecule has 2 heterocycles. The zero-order valence-corrected chi connectivity index (χ0v) is 17.9. The van der Waals surface area contributed by atoms with Crippen molar-refractivity contribution < 1.29 is 19.0 Å². The Labute approximate surface area is 181 Å². The fourth-order valence-electron chi connectivity index (χ4n) is 3.05. The second kappa shape index (κ2) is 8.57. The van der Waals surface area contributed by atoms with E-state index in [-0.39, 0.29) is 5.56 Å². The molecule has 0 aliphatic rings. The van der Waals surface area contributed by atoms with E-state index in [9.17, 15) is 9.59 Å². The van der Waals surface area contributed by atoms with Gasteiger partial charge in [0.1, 0.15) is 5.75 Å². The molecule has 0 saturated heterocycles. The number of ether oxygens (including phenoxy) is 3. The van der Waals surface area contributed by atoms with Gasteiger partial charge in [-0.1, -0.05) is 29.5 Å². The molecule has 0 aliphatic heterocycles. The number of para-hydroxylation sites is 1. The molecule has 4 rings (SSSR count). The molecule has 0 atom stereocenters. The van der Waals surface area contributed by atoms with Crippen molar-refractivity contribution in [1.29, 1.82) is 0 Å². The Bertz CT molecular complexity index is 1380. The Morgan fingerprint density at radius 2 is 1.97 bits per heavy atom. The van der Waals surface area contributed by atoms with Gasteiger partial charge in [0, 0.05) is 6.92 Å². The highest BCUT2D eigenvalue weighted by atomic mass is 32.1. The Kier molecular flexibility index (Phi) is 5.68. The predicted octanol–water partition coefficient (Wildman–Crippen LogP) is 2.70. The summed E-state index contributed by atoms with van der Waals surface area (Å²) in [4.78, 5) is 29.1. The summed E-state index contributed by atoms with van der Waals surface area (Å²) in [5.74, 6) is 1.39. The third-order valence-corrected chi connectivity index (χ3v) is 5.31. The fraction of sp³-hybridized carbons (Fsp3) is 0.182. The maximum absolute atomic E-state index is 12.9. The van der Waals surface area contributed by atoms with E-state index in [1.54, 1.807) is 31.4 Å². The summed E-state index contributed by atoms with van der Waals surface area (Å²) in [5, 5.41) is 4.37. The van der Waals surface area contributed by atoms with Crippen LogP contribution in [0.25, 0.3) is 22.4 Å². The average Bonchev–Trinajstić information content (AvgIpc) is 3.29. The van der Waals surface area contributed by atoms with Gasteiger partial charge in [-0.05, 0) is 42.8 Å². The molecule has 0 N–H and O–H groups in total. The van der Waals surface area contributed by atoms with Crippen LogP contribution in [0.15, 0.2) is 47.3 Å². The predicted molar refractivity (Wildman–Crippen MR) is 117 cm³/mol. The van der Waals surface area contributed by atoms with Crippen molar-refractivity contribution in [2.45, 2.75) is 13.8 Å². The molecular weight excluding hydrogens is 418 g/mol. The number of benzene rings is 2. The van der Waals surface area contributed by atoms with Crippen LogP contribution in [0.5, 0.6) is 17.2 Å². The molecule has 0 amide bonds. The van der Waals surface area contributed by atoms with E-state index in [2.05, 4.69) is 10.1 Å². The molecule has 0 saturated carbocycles. The lowest BCUT2D eigenvalue weighted by molar-refractivity contribution is -0.132. The molecule has 0 bridgehead atoms. The van der Waals surface area contributed by atoms with E-state index in [1.165, 1.54) is 22.8 Å². The van der Waals surface area contributed by atoms with Gasteiger partial charge in [-0.3, -0.25) is 9.59 Å². The average molecular weight is 437 g/mol. The normalized spacial score (nSPS) is 11.6. The second-order valence-corrected chi connectivity index (χ2v) is 7.49. The van der Waals surface area contributed by atoms with Gasteiger partial charge in [0.25, 0.3) is 5.56 Å². The zero-order chi connectivity index (χ0) is 22.0. The van der Waals surface area contributed by atoms with Crippen LogP contribution in [0.1, 0.15) is 19.4 Å². The number of carbonyl (C=O) groups is 1. The standard InChI is InChI=1S/C22H19N3O5S/c1-4-29-18-11-14(9-10-17(18)30-13(2)26)12-19-21(27)25-22(31-19)23-20(24-25)15-7-5-6-8-16(15)28-3/h5-12H,4H2,1-3H3/b19-12-. The third-order valence-electron chi connectivity index (χ3n) is 4.35. The number of aromatic nitrogens is 3. The second-order valence-electron chi connectivity index (χ2n) is 6.48. The van der Waals surface area contributed by atoms with Gasteiger partial charge < -0.3 is 14.2 Å². The highest BCUT2D eigenvalue weighted by Crippen LogP contribution is 2.29. The molecule has 2 aromatic heterocycles. The van der Waals surface area contributed by atoms with Crippen molar-refractivity contribution in [2.75, 3.05) is 13.7 Å². The van der Waals surface area contributed by atoms with Crippen LogP contribution >= 0.6 is 11.3 Å². The van der Waals surface area contributed by atoms with E-state index in [4.69, 9.17) is 14.2 Å². The summed E-state index contributed by atoms with van der Waals surface area (Å²) >= 11 is 1.24. The van der Waals surface area contributed by atoms with E-state index in [0.717, 1.165) is 5.56 Å². The molecule has 4 aromatic rings. The van der Waals surface area contributed by atoms with E-state index >= 15 is 0 Å². The van der Waals surface area contributed by atoms with Crippen molar-refractivity contribution in [2.24, 2.45) is 0 Å². The van der Waals surface area contributed by atoms with Crippen LogP contribution in [0.3, 0.4) is 0 Å². The molecule has 0 spiro atoms. The molecule has 0 aliphatic carbocycles. The summed E-state index contributed by atoms with van der Waals surface area (Å²) in [5.41, 5.74) is 1.18. The fourth-order valence-corrected chi connectivity index (χ4v) is 3.96. The lowest BCUT2D eigenvalue weighted by atomic mass is 10.2. The van der Waals surface area contributed by atoms with Gasteiger partial charge in [0.05, 0.1) is 23.8 Å². The molecule has 9 heteroatoms. The van der Waals surface area contributed by atoms with Gasteiger partial charge in [0.15, 0.2) is 17.3 Å². The summed E-state index contributed by atoms with van der Waals surface area (Å²) in [6.07, 6.45) is 1.73. The molecule has 31 heavy (non-hydrogen) atoms. The SMILES string of the molecule is CCOc1cc(/C=c2\sc3nc(-c4ccccc4OC)nn3c2=O)ccc1OC(C)=O. The summed E-state index contributed by atoms with van der Waals surface area (Å²) in [6, 6.07) is 12.5. The summed E-state index contributed by atoms with van der Waals surface area (Å²) in [6.45, 7) is 3.57. The molecule has 2 aromatic carbocycles. The minimum atomic E-state index is -0.434. The number of hydrogen-bond acceptors (Lipinski definition) is 8. The van der Waals surface area contributed by atoms with Crippen molar-refractivity contribution in [3.05, 3.63) is 62.9 Å². The number of methoxy groups -OCH3 is 1. The minimum absolute atomic E-state index is 0.268. The first-order valence-corrected chi connectivity index (χ1v) is 10.3. The first kappa shape index (κ1) is 20.5. The first-order chi connectivity index (χ1) is 15.0. The Morgan fingerprint density at radius 3 is 2.68 bits per heavy atom. The summed E-state index contributed by atoms with van der Waals surface area (Å²) < 4.78 is 17.8. The van der Waals surface area contributed by atoms with Crippen molar-refractivity contribution in [1.82, 2.24) is 14.6 Å². The van der Waals surface area contributed by atoms with Gasteiger partial charge in [-0.15, -0.1) is 5.10 Å². The molecular formula is C22H19N3O5S. The van der Waals surface area contributed by atoms with Gasteiger partial charge in [-0.25, -0.2) is 0 Å². The maximum atomic E-state index is 12.9. The molecule has 0 radical (unpaired) electrons. The molecule has 158 valence electrons. The van der Waals surface area contributed by atoms with Gasteiger partial charge in [-0.2, -0.15) is 9.50 Å². The number of nitrogens with zero attached hydrogens (tertiary/aromatic N) is 3.